The van der Waals surface area contributed by atoms with Crippen LogP contribution in [0.4, 0.5) is 11.8 Å². The Labute approximate surface area is 232 Å². The number of H-pyrrole nitrogens is 1. The van der Waals surface area contributed by atoms with Gasteiger partial charge >= 0.3 is 16.3 Å². The lowest BCUT2D eigenvalue weighted by Crippen LogP contribution is -2.23. The number of aromatic nitrogens is 8. The largest absolute Gasteiger partial charge is 0.694 e. The molecule has 2 aliphatic heterocycles. The maximum absolute atomic E-state index is 13.0. The van der Waals surface area contributed by atoms with E-state index in [9.17, 15) is 13.9 Å². The fourth-order valence-corrected chi connectivity index (χ4v) is 6.60. The molecule has 2 fully saturated rings. The number of aromatic amines is 1. The number of hydrogen-bond acceptors (Lipinski definition) is 14. The first kappa shape index (κ1) is 27.7. The fourth-order valence-electron chi connectivity index (χ4n) is 5.12. The first-order chi connectivity index (χ1) is 19.8. The molecular formula is C21H26N10O8P2+2. The van der Waals surface area contributed by atoms with Gasteiger partial charge in [-0.15, -0.1) is 13.9 Å². The molecule has 2 aliphatic rings. The Bertz CT molecular complexity index is 1680. The van der Waals surface area contributed by atoms with Gasteiger partial charge in [0.25, 0.3) is 5.56 Å². The van der Waals surface area contributed by atoms with Gasteiger partial charge in [0.2, 0.25) is 5.95 Å². The Morgan fingerprint density at radius 3 is 2.59 bits per heavy atom. The molecule has 6 rings (SSSR count). The van der Waals surface area contributed by atoms with Crippen LogP contribution in [0.25, 0.3) is 22.3 Å². The molecule has 0 amide bonds. The average Bonchev–Trinajstić information content (AvgIpc) is 3.71. The van der Waals surface area contributed by atoms with E-state index in [0.717, 1.165) is 0 Å². The maximum Gasteiger partial charge on any atom is 0.694 e. The average molecular weight is 608 g/mol. The molecule has 0 radical (unpaired) electrons. The third kappa shape index (κ3) is 5.67. The second-order valence-corrected chi connectivity index (χ2v) is 11.6. The van der Waals surface area contributed by atoms with Crippen molar-refractivity contribution in [3.05, 3.63) is 29.3 Å². The van der Waals surface area contributed by atoms with Crippen LogP contribution in [0.15, 0.2) is 23.8 Å². The van der Waals surface area contributed by atoms with Crippen LogP contribution >= 0.6 is 16.3 Å². The molecule has 0 saturated carbocycles. The number of nitrogens with one attached hydrogen (secondary N) is 1. The highest BCUT2D eigenvalue weighted by molar-refractivity contribution is 7.39. The van der Waals surface area contributed by atoms with Crippen LogP contribution in [0.5, 0.6) is 0 Å². The highest BCUT2D eigenvalue weighted by atomic mass is 31.1. The Hall–Kier alpha value is -3.50. The second kappa shape index (κ2) is 11.4. The number of nitrogens with zero attached hydrogens (tertiary/aromatic N) is 7. The monoisotopic (exact) mass is 608 g/mol. The number of rotatable bonds is 10. The van der Waals surface area contributed by atoms with Gasteiger partial charge < -0.3 is 20.9 Å². The lowest BCUT2D eigenvalue weighted by molar-refractivity contribution is -0.0234. The number of nitrogen functional groups attached to an aromatic ring is 2. The molecule has 0 bridgehead atoms. The molecule has 6 heterocycles. The van der Waals surface area contributed by atoms with Gasteiger partial charge in [0.05, 0.1) is 24.9 Å². The summed E-state index contributed by atoms with van der Waals surface area (Å²) in [5, 5.41) is 0. The Morgan fingerprint density at radius 1 is 1.00 bits per heavy atom. The zero-order chi connectivity index (χ0) is 28.7. The zero-order valence-electron chi connectivity index (χ0n) is 21.3. The van der Waals surface area contributed by atoms with E-state index in [0.29, 0.717) is 30.4 Å². The highest BCUT2D eigenvalue weighted by Crippen LogP contribution is 2.41. The number of nitrogens with two attached hydrogens (primary N) is 2. The van der Waals surface area contributed by atoms with Crippen molar-refractivity contribution in [1.82, 2.24) is 39.0 Å². The highest BCUT2D eigenvalue weighted by Gasteiger charge is 2.44. The van der Waals surface area contributed by atoms with Crippen LogP contribution in [-0.4, -0.2) is 75.5 Å². The molecule has 6 N–H and O–H groups in total. The minimum absolute atomic E-state index is 0.0811. The van der Waals surface area contributed by atoms with Crippen molar-refractivity contribution in [2.75, 3.05) is 30.8 Å². The summed E-state index contributed by atoms with van der Waals surface area (Å²) in [7, 11) is -5.01. The molecule has 0 aromatic carbocycles. The van der Waals surface area contributed by atoms with Gasteiger partial charge in [-0.2, -0.15) is 4.98 Å². The maximum atomic E-state index is 13.0. The predicted octanol–water partition coefficient (Wildman–Crippen LogP) is 1.13. The number of hydrogen-bond donors (Lipinski definition) is 4. The van der Waals surface area contributed by atoms with E-state index < -0.39 is 34.2 Å². The Balaban J connectivity index is 1.08. The summed E-state index contributed by atoms with van der Waals surface area (Å²) in [6.07, 6.45) is 4.19. The van der Waals surface area contributed by atoms with Crippen molar-refractivity contribution in [2.45, 2.75) is 43.9 Å². The summed E-state index contributed by atoms with van der Waals surface area (Å²) >= 11 is 0. The van der Waals surface area contributed by atoms with E-state index in [1.165, 1.54) is 12.7 Å². The standard InChI is InChI=1S/C21H24N10O8P2/c22-17-15-18(25-7-24-17)30(8-26-15)13-2-1-11(38-13)4-36-40(33)6-10-3-14(39-12(10)5-37-41(34)35)31-9-27-16-19(31)28-21(23)29-20(16)32/h7-14H,1-6H2,(H4-2,22,23,24,25,28,29,32,34,35)/p+2/t10-,11?,12-,13-,14-/m1/s1. The van der Waals surface area contributed by atoms with Gasteiger partial charge in [-0.25, -0.2) is 19.9 Å². The smallest absolute Gasteiger partial charge is 0.382 e. The quantitative estimate of drug-likeness (QED) is 0.184. The minimum atomic E-state index is -2.86. The van der Waals surface area contributed by atoms with E-state index in [4.69, 9.17) is 34.9 Å². The number of fused-ring (bicyclic) bond motifs is 2. The SMILES string of the molecule is Nc1nc2c(ncn2[C@H]2C[C@H](C[P+](=O)OCC3CC[C@H](n4cnc5c(N)ncnc54)O3)[C@@H](CO[P+](=O)O)O2)c(=O)[nH]1. The summed E-state index contributed by atoms with van der Waals surface area (Å²) < 4.78 is 50.2. The van der Waals surface area contributed by atoms with E-state index in [-0.39, 0.29) is 60.6 Å². The van der Waals surface area contributed by atoms with Crippen LogP contribution in [0.2, 0.25) is 0 Å². The van der Waals surface area contributed by atoms with Crippen LogP contribution in [0, 0.1) is 5.92 Å². The van der Waals surface area contributed by atoms with Gasteiger partial charge in [0, 0.05) is 16.9 Å². The van der Waals surface area contributed by atoms with Gasteiger partial charge in [-0.05, 0) is 17.4 Å². The van der Waals surface area contributed by atoms with Gasteiger partial charge in [0.1, 0.15) is 37.5 Å². The molecular weight excluding hydrogens is 582 g/mol. The fraction of sp³-hybridized carbons (Fsp3) is 0.524. The molecule has 216 valence electrons. The molecule has 2 saturated heterocycles. The lowest BCUT2D eigenvalue weighted by Gasteiger charge is -2.14. The normalized spacial score (nSPS) is 25.3. The number of anilines is 2. The molecule has 3 unspecified atom stereocenters. The van der Waals surface area contributed by atoms with Crippen molar-refractivity contribution in [3.63, 3.8) is 0 Å². The summed E-state index contributed by atoms with van der Waals surface area (Å²) in [5.74, 6) is -0.163. The summed E-state index contributed by atoms with van der Waals surface area (Å²) in [6.45, 7) is -0.104. The van der Waals surface area contributed by atoms with Crippen molar-refractivity contribution < 1.29 is 32.5 Å². The minimum Gasteiger partial charge on any atom is -0.382 e. The van der Waals surface area contributed by atoms with Crippen LogP contribution in [0.1, 0.15) is 31.7 Å². The molecule has 20 heteroatoms. The summed E-state index contributed by atoms with van der Waals surface area (Å²) in [5.41, 5.74) is 12.4. The summed E-state index contributed by atoms with van der Waals surface area (Å²) in [4.78, 5) is 44.4. The van der Waals surface area contributed by atoms with E-state index >= 15 is 0 Å². The number of imidazole rings is 2. The second-order valence-electron chi connectivity index (χ2n) is 9.62. The first-order valence-corrected chi connectivity index (χ1v) is 15.1. The van der Waals surface area contributed by atoms with Crippen molar-refractivity contribution in [2.24, 2.45) is 5.92 Å². The van der Waals surface area contributed by atoms with E-state index in [1.807, 2.05) is 0 Å². The third-order valence-corrected chi connectivity index (χ3v) is 8.62. The molecule has 18 nitrogen and oxygen atoms in total. The predicted molar refractivity (Wildman–Crippen MR) is 142 cm³/mol. The van der Waals surface area contributed by atoms with Gasteiger partial charge in [-0.1, -0.05) is 0 Å². The Morgan fingerprint density at radius 2 is 1.78 bits per heavy atom. The molecule has 0 aliphatic carbocycles. The molecule has 4 aromatic rings. The van der Waals surface area contributed by atoms with Gasteiger partial charge in [-0.3, -0.25) is 18.9 Å². The third-order valence-electron chi connectivity index (χ3n) is 7.04. The molecule has 4 aromatic heterocycles. The van der Waals surface area contributed by atoms with Gasteiger partial charge in [0.15, 0.2) is 28.8 Å². The van der Waals surface area contributed by atoms with Crippen molar-refractivity contribution in [3.8, 4) is 0 Å². The van der Waals surface area contributed by atoms with E-state index in [2.05, 4.69) is 29.9 Å². The van der Waals surface area contributed by atoms with E-state index in [1.54, 1.807) is 15.5 Å². The van der Waals surface area contributed by atoms with Crippen molar-refractivity contribution >= 4 is 50.4 Å². The molecule has 41 heavy (non-hydrogen) atoms. The summed E-state index contributed by atoms with van der Waals surface area (Å²) in [6, 6.07) is 0. The van der Waals surface area contributed by atoms with Crippen LogP contribution < -0.4 is 17.0 Å². The van der Waals surface area contributed by atoms with Crippen LogP contribution in [0.3, 0.4) is 0 Å². The lowest BCUT2D eigenvalue weighted by atomic mass is 10.0. The Kier molecular flexibility index (Phi) is 7.70. The first-order valence-electron chi connectivity index (χ1n) is 12.6. The van der Waals surface area contributed by atoms with Crippen LogP contribution in [-0.2, 0) is 27.7 Å². The molecule has 0 spiro atoms. The molecule has 7 atom stereocenters. The number of ether oxygens (including phenoxy) is 2. The topological polar surface area (TPSA) is 250 Å². The van der Waals surface area contributed by atoms with Crippen molar-refractivity contribution in [1.29, 1.82) is 0 Å². The zero-order valence-corrected chi connectivity index (χ0v) is 23.1.